The molecular formula is C32H41N3O7. The monoisotopic (exact) mass is 579 g/mol. The van der Waals surface area contributed by atoms with Crippen LogP contribution in [0.3, 0.4) is 0 Å². The number of amides is 3. The Kier molecular flexibility index (Phi) is 8.31. The highest BCUT2D eigenvalue weighted by atomic mass is 16.6. The minimum Gasteiger partial charge on any atom is -0.460 e. The summed E-state index contributed by atoms with van der Waals surface area (Å²) in [7, 11) is 0. The van der Waals surface area contributed by atoms with E-state index in [0.717, 1.165) is 5.56 Å². The number of esters is 1. The highest BCUT2D eigenvalue weighted by Gasteiger charge is 2.74. The highest BCUT2D eigenvalue weighted by Crippen LogP contribution is 2.56. The van der Waals surface area contributed by atoms with Crippen molar-refractivity contribution in [2.75, 3.05) is 19.7 Å². The number of carbonyl (C=O) groups excluding carboxylic acids is 4. The van der Waals surface area contributed by atoms with Crippen molar-refractivity contribution < 1.29 is 33.8 Å². The number of aliphatic hydroxyl groups excluding tert-OH is 1. The molecule has 1 aromatic rings. The molecule has 226 valence electrons. The number of nitrogens with one attached hydrogen (secondary N) is 1. The van der Waals surface area contributed by atoms with E-state index in [2.05, 4.69) is 5.32 Å². The fraction of sp³-hybridized carbons (Fsp3) is 0.562. The number of cyclic esters (lactones) is 1. The average Bonchev–Trinajstić information content (AvgIpc) is 3.59. The van der Waals surface area contributed by atoms with E-state index in [1.807, 2.05) is 63.3 Å². The lowest BCUT2D eigenvalue weighted by Gasteiger charge is -2.43. The summed E-state index contributed by atoms with van der Waals surface area (Å²) in [6.45, 7) is 7.46. The Hall–Kier alpha value is -3.50. The molecule has 0 radical (unpaired) electrons. The summed E-state index contributed by atoms with van der Waals surface area (Å²) in [5.74, 6) is -3.47. The second-order valence-electron chi connectivity index (χ2n) is 12.7. The van der Waals surface area contributed by atoms with Crippen LogP contribution >= 0.6 is 0 Å². The maximum atomic E-state index is 14.7. The third-order valence-corrected chi connectivity index (χ3v) is 8.71. The predicted octanol–water partition coefficient (Wildman–Crippen LogP) is 1.77. The Bertz CT molecular complexity index is 1270. The summed E-state index contributed by atoms with van der Waals surface area (Å²) in [4.78, 5) is 58.2. The van der Waals surface area contributed by atoms with Crippen LogP contribution in [0.25, 0.3) is 0 Å². The van der Waals surface area contributed by atoms with Crippen LogP contribution < -0.4 is 5.32 Å². The van der Waals surface area contributed by atoms with Crippen LogP contribution in [0.1, 0.15) is 46.1 Å². The Labute approximate surface area is 246 Å². The molecule has 1 spiro atoms. The maximum Gasteiger partial charge on any atom is 0.313 e. The van der Waals surface area contributed by atoms with Gasteiger partial charge >= 0.3 is 5.97 Å². The molecule has 7 atom stereocenters. The summed E-state index contributed by atoms with van der Waals surface area (Å²) in [6, 6.07) is 7.67. The molecule has 4 aliphatic heterocycles. The summed E-state index contributed by atoms with van der Waals surface area (Å²) < 4.78 is 12.2. The van der Waals surface area contributed by atoms with E-state index in [0.29, 0.717) is 12.8 Å². The van der Waals surface area contributed by atoms with Crippen molar-refractivity contribution in [2.45, 2.75) is 82.4 Å². The number of hydrogen-bond acceptors (Lipinski definition) is 7. The Morgan fingerprint density at radius 3 is 2.52 bits per heavy atom. The standard InChI is InChI=1S/C32H41N3O7/c1-20-18-33-24(37)13-9-6-10-16-34(31(2,3)4)29(39)27-32-15-14-23(42-32)25(30(40)41-20)26(32)28(38)35(27)22(19-36)17-21-11-7-5-8-12-21/h5-8,10-12,14-15,20,22-23,25-27,36H,9,13,16-19H2,1-4H3,(H,33,37)/b10-6-/t20-,22-,23+,25-,26-,27+,32-/m1/s1. The largest absolute Gasteiger partial charge is 0.460 e. The van der Waals surface area contributed by atoms with Crippen LogP contribution in [0, 0.1) is 11.8 Å². The van der Waals surface area contributed by atoms with Crippen molar-refractivity contribution in [2.24, 2.45) is 11.8 Å². The van der Waals surface area contributed by atoms with Crippen molar-refractivity contribution >= 4 is 23.7 Å². The van der Waals surface area contributed by atoms with Crippen LogP contribution in [0.4, 0.5) is 0 Å². The zero-order valence-electron chi connectivity index (χ0n) is 24.7. The first kappa shape index (κ1) is 30.0. The zero-order valence-corrected chi connectivity index (χ0v) is 24.7. The van der Waals surface area contributed by atoms with Crippen LogP contribution in [0.5, 0.6) is 0 Å². The van der Waals surface area contributed by atoms with Crippen molar-refractivity contribution in [3.63, 3.8) is 0 Å². The van der Waals surface area contributed by atoms with E-state index < -0.39 is 59.1 Å². The van der Waals surface area contributed by atoms with E-state index in [9.17, 15) is 24.3 Å². The number of likely N-dealkylation sites (tertiary alicyclic amines) is 1. The number of aliphatic hydroxyl groups is 1. The molecule has 3 amide bonds. The normalized spacial score (nSPS) is 33.4. The van der Waals surface area contributed by atoms with Gasteiger partial charge in [0.2, 0.25) is 17.7 Å². The van der Waals surface area contributed by atoms with Gasteiger partial charge in [0.1, 0.15) is 23.7 Å². The number of rotatable bonds is 4. The minimum atomic E-state index is -1.38. The van der Waals surface area contributed by atoms with E-state index >= 15 is 0 Å². The Morgan fingerprint density at radius 1 is 1.10 bits per heavy atom. The van der Waals surface area contributed by atoms with Gasteiger partial charge in [0.15, 0.2) is 0 Å². The minimum absolute atomic E-state index is 0.140. The molecule has 0 aliphatic carbocycles. The molecule has 5 bridgehead atoms. The molecule has 4 heterocycles. The lowest BCUT2D eigenvalue weighted by atomic mass is 9.74. The molecule has 10 nitrogen and oxygen atoms in total. The molecule has 2 N–H and O–H groups in total. The molecule has 10 heteroatoms. The number of nitrogens with zero attached hydrogens (tertiary/aromatic N) is 2. The highest BCUT2D eigenvalue weighted by molar-refractivity contribution is 5.99. The topological polar surface area (TPSA) is 125 Å². The first-order valence-electron chi connectivity index (χ1n) is 14.8. The molecule has 42 heavy (non-hydrogen) atoms. The van der Waals surface area contributed by atoms with E-state index in [-0.39, 0.29) is 37.9 Å². The molecule has 5 rings (SSSR count). The van der Waals surface area contributed by atoms with Crippen LogP contribution in [0.15, 0.2) is 54.6 Å². The van der Waals surface area contributed by atoms with Crippen molar-refractivity contribution in [1.29, 1.82) is 0 Å². The molecule has 2 fully saturated rings. The first-order valence-corrected chi connectivity index (χ1v) is 14.8. The third-order valence-electron chi connectivity index (χ3n) is 8.71. The number of hydrogen-bond donors (Lipinski definition) is 2. The quantitative estimate of drug-likeness (QED) is 0.411. The average molecular weight is 580 g/mol. The van der Waals surface area contributed by atoms with Gasteiger partial charge in [-0.2, -0.15) is 0 Å². The second-order valence-corrected chi connectivity index (χ2v) is 12.7. The van der Waals surface area contributed by atoms with Crippen molar-refractivity contribution in [3.8, 4) is 0 Å². The zero-order chi connectivity index (χ0) is 30.2. The number of fused-ring (bicyclic) bond motifs is 2. The van der Waals surface area contributed by atoms with Gasteiger partial charge in [0.25, 0.3) is 0 Å². The lowest BCUT2D eigenvalue weighted by molar-refractivity contribution is -0.159. The van der Waals surface area contributed by atoms with Crippen LogP contribution in [-0.2, 0) is 35.1 Å². The summed E-state index contributed by atoms with van der Waals surface area (Å²) in [5, 5.41) is 13.4. The Morgan fingerprint density at radius 2 is 1.83 bits per heavy atom. The van der Waals surface area contributed by atoms with Gasteiger partial charge in [-0.3, -0.25) is 19.2 Å². The number of carbonyl (C=O) groups is 4. The number of benzene rings is 1. The van der Waals surface area contributed by atoms with Gasteiger partial charge < -0.3 is 29.7 Å². The lowest BCUT2D eigenvalue weighted by Crippen LogP contribution is -2.61. The van der Waals surface area contributed by atoms with Gasteiger partial charge in [-0.25, -0.2) is 0 Å². The smallest absolute Gasteiger partial charge is 0.313 e. The van der Waals surface area contributed by atoms with Gasteiger partial charge in [0, 0.05) is 18.5 Å². The fourth-order valence-electron chi connectivity index (χ4n) is 6.71. The van der Waals surface area contributed by atoms with Gasteiger partial charge in [-0.15, -0.1) is 0 Å². The number of allylic oxidation sites excluding steroid dienone is 1. The van der Waals surface area contributed by atoms with Gasteiger partial charge in [-0.05, 0) is 46.1 Å². The fourth-order valence-corrected chi connectivity index (χ4v) is 6.71. The summed E-state index contributed by atoms with van der Waals surface area (Å²) >= 11 is 0. The molecule has 2 saturated heterocycles. The van der Waals surface area contributed by atoms with E-state index in [1.54, 1.807) is 24.0 Å². The van der Waals surface area contributed by atoms with E-state index in [4.69, 9.17) is 9.47 Å². The molecule has 0 aromatic heterocycles. The van der Waals surface area contributed by atoms with E-state index in [1.165, 1.54) is 4.90 Å². The SMILES string of the molecule is C[C@@H]1CNC(=O)CC/C=C\CN(C(C)(C)C)C(=O)[C@@H]2N([C@@H](CO)Cc3ccccc3)C(=O)[C@H]3[C@H](C(=O)O1)[C@@H]1C=C[C@]23O1. The first-order chi connectivity index (χ1) is 20.0. The molecule has 1 aromatic carbocycles. The molecule has 0 saturated carbocycles. The van der Waals surface area contributed by atoms with Gasteiger partial charge in [0.05, 0.1) is 31.2 Å². The molecule has 4 aliphatic rings. The van der Waals surface area contributed by atoms with Crippen LogP contribution in [0.2, 0.25) is 0 Å². The Balaban J connectivity index is 1.60. The number of ether oxygens (including phenoxy) is 2. The second kappa shape index (κ2) is 11.6. The van der Waals surface area contributed by atoms with Crippen molar-refractivity contribution in [3.05, 3.63) is 60.2 Å². The summed E-state index contributed by atoms with van der Waals surface area (Å²) in [5.41, 5.74) is -1.11. The van der Waals surface area contributed by atoms with Crippen LogP contribution in [-0.4, -0.2) is 93.7 Å². The van der Waals surface area contributed by atoms with Crippen molar-refractivity contribution in [1.82, 2.24) is 15.1 Å². The molecule has 0 unspecified atom stereocenters. The summed E-state index contributed by atoms with van der Waals surface area (Å²) in [6.07, 6.45) is 6.94. The third kappa shape index (κ3) is 5.38. The van der Waals surface area contributed by atoms with Gasteiger partial charge in [-0.1, -0.05) is 54.6 Å². The molecular weight excluding hydrogens is 538 g/mol. The maximum absolute atomic E-state index is 14.7. The predicted molar refractivity (Wildman–Crippen MR) is 154 cm³/mol.